The number of rotatable bonds is 0. The average Bonchev–Trinajstić information content (AvgIpc) is 2.41. The summed E-state index contributed by atoms with van der Waals surface area (Å²) in [5.74, 6) is -3.90. The minimum Gasteiger partial charge on any atom is -0.508 e. The summed E-state index contributed by atoms with van der Waals surface area (Å²) < 4.78 is 0. The molecule has 0 amide bonds. The highest BCUT2D eigenvalue weighted by Gasteiger charge is 2.34. The van der Waals surface area contributed by atoms with Crippen LogP contribution >= 0.6 is 0 Å². The van der Waals surface area contributed by atoms with Crippen molar-refractivity contribution >= 4 is 11.6 Å². The lowest BCUT2D eigenvalue weighted by atomic mass is 9.83. The molecule has 0 fully saturated rings. The molecule has 6 heteroatoms. The van der Waals surface area contributed by atoms with E-state index in [9.17, 15) is 30.0 Å². The number of hydrogen-bond acceptors (Lipinski definition) is 6. The Bertz CT molecular complexity index is 791. The van der Waals surface area contributed by atoms with Crippen LogP contribution in [0.25, 0.3) is 0 Å². The highest BCUT2D eigenvalue weighted by Crippen LogP contribution is 2.43. The van der Waals surface area contributed by atoms with Gasteiger partial charge in [0, 0.05) is 16.7 Å². The largest absolute Gasteiger partial charge is 0.508 e. The molecule has 0 spiro atoms. The Kier molecular flexibility index (Phi) is 2.25. The second-order valence-electron chi connectivity index (χ2n) is 4.40. The summed E-state index contributed by atoms with van der Waals surface area (Å²) in [6.07, 6.45) is 0. The highest BCUT2D eigenvalue weighted by atomic mass is 16.3. The Morgan fingerprint density at radius 2 is 1.40 bits per heavy atom. The molecule has 0 heterocycles. The fraction of sp³-hybridized carbons (Fsp3) is 0. The van der Waals surface area contributed by atoms with E-state index >= 15 is 0 Å². The first-order valence-corrected chi connectivity index (χ1v) is 5.62. The summed E-state index contributed by atoms with van der Waals surface area (Å²) in [6, 6.07) is 4.59. The SMILES string of the molecule is O=C1c2ccc(O)cc2C(=O)c2c1cc(O)c(O)c2O. The summed E-state index contributed by atoms with van der Waals surface area (Å²) in [7, 11) is 0. The van der Waals surface area contributed by atoms with Crippen LogP contribution in [-0.4, -0.2) is 32.0 Å². The molecular weight excluding hydrogens is 264 g/mol. The van der Waals surface area contributed by atoms with E-state index in [0.29, 0.717) is 0 Å². The number of aromatic hydroxyl groups is 4. The molecule has 1 aliphatic rings. The Morgan fingerprint density at radius 3 is 2.10 bits per heavy atom. The van der Waals surface area contributed by atoms with E-state index in [0.717, 1.165) is 12.1 Å². The van der Waals surface area contributed by atoms with Crippen LogP contribution in [0, 0.1) is 0 Å². The molecule has 0 aliphatic heterocycles. The van der Waals surface area contributed by atoms with Gasteiger partial charge < -0.3 is 20.4 Å². The van der Waals surface area contributed by atoms with Gasteiger partial charge in [-0.25, -0.2) is 0 Å². The smallest absolute Gasteiger partial charge is 0.201 e. The monoisotopic (exact) mass is 272 g/mol. The first-order valence-electron chi connectivity index (χ1n) is 5.62. The average molecular weight is 272 g/mol. The van der Waals surface area contributed by atoms with Gasteiger partial charge in [-0.1, -0.05) is 0 Å². The van der Waals surface area contributed by atoms with Gasteiger partial charge in [0.2, 0.25) is 5.75 Å². The van der Waals surface area contributed by atoms with Crippen molar-refractivity contribution < 1.29 is 30.0 Å². The van der Waals surface area contributed by atoms with Crippen molar-refractivity contribution in [2.45, 2.75) is 0 Å². The number of carbonyl (C=O) groups excluding carboxylic acids is 2. The molecule has 1 aliphatic carbocycles. The minimum absolute atomic E-state index is 0.0600. The van der Waals surface area contributed by atoms with E-state index in [4.69, 9.17) is 0 Å². The number of carbonyl (C=O) groups is 2. The number of fused-ring (bicyclic) bond motifs is 2. The van der Waals surface area contributed by atoms with Crippen molar-refractivity contribution in [2.24, 2.45) is 0 Å². The van der Waals surface area contributed by atoms with Crippen molar-refractivity contribution in [3.05, 3.63) is 46.5 Å². The van der Waals surface area contributed by atoms with Gasteiger partial charge in [-0.15, -0.1) is 0 Å². The molecule has 0 unspecified atom stereocenters. The fourth-order valence-corrected chi connectivity index (χ4v) is 2.25. The molecule has 0 aromatic heterocycles. The molecule has 0 saturated carbocycles. The van der Waals surface area contributed by atoms with Crippen molar-refractivity contribution in [1.29, 1.82) is 0 Å². The van der Waals surface area contributed by atoms with E-state index in [2.05, 4.69) is 0 Å². The van der Waals surface area contributed by atoms with Crippen LogP contribution in [-0.2, 0) is 0 Å². The van der Waals surface area contributed by atoms with Gasteiger partial charge in [-0.3, -0.25) is 9.59 Å². The van der Waals surface area contributed by atoms with Crippen LogP contribution in [0.15, 0.2) is 24.3 Å². The zero-order valence-corrected chi connectivity index (χ0v) is 9.91. The topological polar surface area (TPSA) is 115 Å². The van der Waals surface area contributed by atoms with Gasteiger partial charge in [-0.05, 0) is 24.3 Å². The number of ketones is 2. The highest BCUT2D eigenvalue weighted by molar-refractivity contribution is 6.29. The van der Waals surface area contributed by atoms with Crippen molar-refractivity contribution in [1.82, 2.24) is 0 Å². The summed E-state index contributed by atoms with van der Waals surface area (Å²) >= 11 is 0. The number of benzene rings is 2. The van der Waals surface area contributed by atoms with E-state index < -0.39 is 28.8 Å². The lowest BCUT2D eigenvalue weighted by Crippen LogP contribution is -2.20. The van der Waals surface area contributed by atoms with Crippen LogP contribution in [0.3, 0.4) is 0 Å². The summed E-state index contributed by atoms with van der Waals surface area (Å²) in [5.41, 5.74) is -0.586. The molecule has 2 aromatic carbocycles. The molecule has 0 bridgehead atoms. The molecule has 6 nitrogen and oxygen atoms in total. The molecule has 0 radical (unpaired) electrons. The van der Waals surface area contributed by atoms with Crippen molar-refractivity contribution in [2.75, 3.05) is 0 Å². The Morgan fingerprint density at radius 1 is 0.700 bits per heavy atom. The van der Waals surface area contributed by atoms with Crippen LogP contribution in [0.5, 0.6) is 23.0 Å². The maximum absolute atomic E-state index is 12.3. The number of hydrogen-bond donors (Lipinski definition) is 4. The predicted octanol–water partition coefficient (Wildman–Crippen LogP) is 1.28. The van der Waals surface area contributed by atoms with Crippen molar-refractivity contribution in [3.63, 3.8) is 0 Å². The van der Waals surface area contributed by atoms with Gasteiger partial charge in [0.1, 0.15) is 5.75 Å². The second kappa shape index (κ2) is 3.74. The Hall–Kier alpha value is -3.02. The zero-order valence-electron chi connectivity index (χ0n) is 9.91. The lowest BCUT2D eigenvalue weighted by molar-refractivity contribution is 0.0975. The lowest BCUT2D eigenvalue weighted by Gasteiger charge is -2.19. The molecular formula is C14H8O6. The molecule has 0 saturated heterocycles. The minimum atomic E-state index is -0.867. The summed E-state index contributed by atoms with van der Waals surface area (Å²) in [6.45, 7) is 0. The quantitative estimate of drug-likeness (QED) is 0.458. The zero-order chi connectivity index (χ0) is 14.6. The van der Waals surface area contributed by atoms with Crippen LogP contribution in [0.1, 0.15) is 31.8 Å². The third-order valence-corrected chi connectivity index (χ3v) is 3.22. The normalized spacial score (nSPS) is 13.0. The first kappa shape index (κ1) is 12.0. The van der Waals surface area contributed by atoms with E-state index in [1.54, 1.807) is 0 Å². The molecule has 4 N–H and O–H groups in total. The van der Waals surface area contributed by atoms with Crippen LogP contribution < -0.4 is 0 Å². The van der Waals surface area contributed by atoms with Gasteiger partial charge in [0.05, 0.1) is 5.56 Å². The van der Waals surface area contributed by atoms with E-state index in [1.165, 1.54) is 12.1 Å². The summed E-state index contributed by atoms with van der Waals surface area (Å²) in [4.78, 5) is 24.5. The van der Waals surface area contributed by atoms with Gasteiger partial charge in [0.25, 0.3) is 0 Å². The van der Waals surface area contributed by atoms with E-state index in [-0.39, 0.29) is 28.0 Å². The fourth-order valence-electron chi connectivity index (χ4n) is 2.25. The van der Waals surface area contributed by atoms with Gasteiger partial charge in [-0.2, -0.15) is 0 Å². The number of phenolic OH excluding ortho intramolecular Hbond substituents is 4. The van der Waals surface area contributed by atoms with Gasteiger partial charge >= 0.3 is 0 Å². The molecule has 3 rings (SSSR count). The molecule has 20 heavy (non-hydrogen) atoms. The molecule has 0 atom stereocenters. The van der Waals surface area contributed by atoms with Crippen molar-refractivity contribution in [3.8, 4) is 23.0 Å². The predicted molar refractivity (Wildman–Crippen MR) is 66.4 cm³/mol. The molecule has 2 aromatic rings. The second-order valence-corrected chi connectivity index (χ2v) is 4.40. The maximum Gasteiger partial charge on any atom is 0.201 e. The number of phenols is 4. The van der Waals surface area contributed by atoms with Gasteiger partial charge in [0.15, 0.2) is 23.1 Å². The molecule has 100 valence electrons. The maximum atomic E-state index is 12.3. The van der Waals surface area contributed by atoms with E-state index in [1.807, 2.05) is 0 Å². The Balaban J connectivity index is 2.38. The summed E-state index contributed by atoms with van der Waals surface area (Å²) in [5, 5.41) is 38.0. The standard InChI is InChI=1S/C14H8O6/c15-5-1-2-6-7(3-5)12(18)10-8(11(6)17)4-9(16)13(19)14(10)20/h1-4,15-16,19-20H. The third kappa shape index (κ3) is 1.38. The Labute approximate surface area is 112 Å². The van der Waals surface area contributed by atoms with Crippen LogP contribution in [0.2, 0.25) is 0 Å². The van der Waals surface area contributed by atoms with Crippen LogP contribution in [0.4, 0.5) is 0 Å². The third-order valence-electron chi connectivity index (χ3n) is 3.22. The first-order chi connectivity index (χ1) is 9.41.